The average Bonchev–Trinajstić information content (AvgIpc) is 3.38. The predicted octanol–water partition coefficient (Wildman–Crippen LogP) is 6.56. The van der Waals surface area contributed by atoms with Gasteiger partial charge in [-0.15, -0.1) is 10.1 Å². The number of benzene rings is 4. The molecule has 0 saturated carbocycles. The van der Waals surface area contributed by atoms with E-state index in [1.807, 2.05) is 55.1 Å². The second-order valence-electron chi connectivity index (χ2n) is 7.71. The summed E-state index contributed by atoms with van der Waals surface area (Å²) >= 11 is 6.23. The van der Waals surface area contributed by atoms with Crippen LogP contribution in [0.15, 0.2) is 110 Å². The van der Waals surface area contributed by atoms with E-state index in [-0.39, 0.29) is 6.04 Å². The number of ether oxygens (including phenoxy) is 1. The lowest BCUT2D eigenvalue weighted by Crippen LogP contribution is -2.10. The van der Waals surface area contributed by atoms with Gasteiger partial charge in [-0.3, -0.25) is 0 Å². The molecule has 5 aromatic rings. The number of halogens is 1. The van der Waals surface area contributed by atoms with Gasteiger partial charge in [0.1, 0.15) is 12.4 Å². The van der Waals surface area contributed by atoms with E-state index in [1.165, 1.54) is 21.9 Å². The Labute approximate surface area is 206 Å². The third kappa shape index (κ3) is 6.16. The molecule has 0 radical (unpaired) electrons. The molecule has 0 aliphatic carbocycles. The quantitative estimate of drug-likeness (QED) is 0.216. The molecule has 1 atom stereocenters. The number of hydrogen-bond donors (Lipinski definition) is 1. The summed E-state index contributed by atoms with van der Waals surface area (Å²) in [6.45, 7) is 0.439. The minimum atomic E-state index is -1.50. The number of imidazole rings is 1. The van der Waals surface area contributed by atoms with Crippen LogP contribution in [0.3, 0.4) is 0 Å². The van der Waals surface area contributed by atoms with Crippen molar-refractivity contribution in [2.75, 3.05) is 0 Å². The van der Waals surface area contributed by atoms with Crippen LogP contribution in [-0.2, 0) is 6.61 Å². The third-order valence-electron chi connectivity index (χ3n) is 5.46. The molecular formula is C27H22ClN3O4. The second-order valence-corrected chi connectivity index (χ2v) is 8.11. The van der Waals surface area contributed by atoms with Crippen molar-refractivity contribution in [1.82, 2.24) is 9.55 Å². The SMILES string of the molecule is Clc1ccccc1COc1ccc(C(c2ccc3ccccc3c2)n2ccnc2)cc1.O=[N+]([O-])O. The smallest absolute Gasteiger partial charge is 0.291 e. The molecule has 0 aliphatic heterocycles. The van der Waals surface area contributed by atoms with Gasteiger partial charge in [-0.05, 0) is 46.2 Å². The molecule has 8 heteroatoms. The van der Waals surface area contributed by atoms with Crippen LogP contribution in [0.5, 0.6) is 5.75 Å². The van der Waals surface area contributed by atoms with Gasteiger partial charge in [-0.25, -0.2) is 4.98 Å². The summed E-state index contributed by atoms with van der Waals surface area (Å²) in [5, 5.41) is 16.8. The van der Waals surface area contributed by atoms with Crippen LogP contribution in [0.1, 0.15) is 22.7 Å². The zero-order valence-electron chi connectivity index (χ0n) is 18.6. The van der Waals surface area contributed by atoms with Crippen molar-refractivity contribution >= 4 is 22.4 Å². The molecule has 5 rings (SSSR count). The van der Waals surface area contributed by atoms with E-state index in [9.17, 15) is 0 Å². The largest absolute Gasteiger partial charge is 0.489 e. The first-order valence-electron chi connectivity index (χ1n) is 10.8. The summed E-state index contributed by atoms with van der Waals surface area (Å²) in [5.74, 6) is 0.812. The summed E-state index contributed by atoms with van der Waals surface area (Å²) in [4.78, 5) is 12.6. The molecule has 1 unspecified atom stereocenters. The Kier molecular flexibility index (Phi) is 7.60. The lowest BCUT2D eigenvalue weighted by atomic mass is 9.96. The number of nitrogens with zero attached hydrogens (tertiary/aromatic N) is 3. The monoisotopic (exact) mass is 487 g/mol. The minimum absolute atomic E-state index is 0.0322. The van der Waals surface area contributed by atoms with Crippen LogP contribution in [0.25, 0.3) is 10.8 Å². The van der Waals surface area contributed by atoms with Crippen LogP contribution >= 0.6 is 11.6 Å². The van der Waals surface area contributed by atoms with Crippen LogP contribution in [0, 0.1) is 10.1 Å². The summed E-state index contributed by atoms with van der Waals surface area (Å²) < 4.78 is 8.09. The van der Waals surface area contributed by atoms with Gasteiger partial charge in [-0.2, -0.15) is 0 Å². The maximum Gasteiger partial charge on any atom is 0.291 e. The van der Waals surface area contributed by atoms with Gasteiger partial charge in [-0.1, -0.05) is 78.3 Å². The molecule has 176 valence electrons. The van der Waals surface area contributed by atoms with Gasteiger partial charge < -0.3 is 14.5 Å². The molecule has 0 saturated heterocycles. The van der Waals surface area contributed by atoms with Crippen molar-refractivity contribution in [3.63, 3.8) is 0 Å². The van der Waals surface area contributed by atoms with Crippen molar-refractivity contribution in [2.24, 2.45) is 0 Å². The van der Waals surface area contributed by atoms with E-state index in [2.05, 4.69) is 64.1 Å². The van der Waals surface area contributed by atoms with Crippen LogP contribution < -0.4 is 4.74 Å². The topological polar surface area (TPSA) is 90.4 Å². The highest BCUT2D eigenvalue weighted by atomic mass is 35.5. The van der Waals surface area contributed by atoms with Crippen molar-refractivity contribution in [2.45, 2.75) is 12.6 Å². The number of fused-ring (bicyclic) bond motifs is 1. The van der Waals surface area contributed by atoms with Crippen molar-refractivity contribution in [1.29, 1.82) is 0 Å². The Balaban J connectivity index is 0.000000672. The molecule has 4 aromatic carbocycles. The minimum Gasteiger partial charge on any atom is -0.489 e. The summed E-state index contributed by atoms with van der Waals surface area (Å²) in [7, 11) is 0. The molecule has 0 aliphatic rings. The second kappa shape index (κ2) is 11.2. The number of hydrogen-bond acceptors (Lipinski definition) is 4. The molecule has 0 bridgehead atoms. The lowest BCUT2D eigenvalue weighted by Gasteiger charge is -2.20. The maximum atomic E-state index is 8.36. The van der Waals surface area contributed by atoms with Gasteiger partial charge in [0, 0.05) is 23.0 Å². The van der Waals surface area contributed by atoms with Gasteiger partial charge >= 0.3 is 0 Å². The summed E-state index contributed by atoms with van der Waals surface area (Å²) in [5.41, 5.74) is 3.35. The van der Waals surface area contributed by atoms with Gasteiger partial charge in [0.25, 0.3) is 5.09 Å². The number of rotatable bonds is 6. The standard InChI is InChI=1S/C27H21ClN2O.HNO3/c28-26-8-4-3-7-24(26)18-31-25-13-11-21(12-14-25)27(30-16-15-29-19-30)23-10-9-20-5-1-2-6-22(20)17-23;2-1(3)4/h1-17,19,27H,18H2;(H,2,3,4). The van der Waals surface area contributed by atoms with Gasteiger partial charge in [0.2, 0.25) is 0 Å². The van der Waals surface area contributed by atoms with Crippen molar-refractivity contribution in [3.05, 3.63) is 142 Å². The molecule has 35 heavy (non-hydrogen) atoms. The summed E-state index contributed by atoms with van der Waals surface area (Å²) in [6, 6.07) is 31.1. The Bertz CT molecular complexity index is 1400. The predicted molar refractivity (Wildman–Crippen MR) is 134 cm³/mol. The first-order valence-corrected chi connectivity index (χ1v) is 11.1. The van der Waals surface area contributed by atoms with Crippen LogP contribution in [0.4, 0.5) is 0 Å². The molecule has 1 N–H and O–H groups in total. The fraction of sp³-hybridized carbons (Fsp3) is 0.0741. The third-order valence-corrected chi connectivity index (χ3v) is 5.83. The van der Waals surface area contributed by atoms with E-state index in [1.54, 1.807) is 0 Å². The number of aromatic nitrogens is 2. The van der Waals surface area contributed by atoms with E-state index in [0.29, 0.717) is 6.61 Å². The molecule has 0 fully saturated rings. The first kappa shape index (κ1) is 23.8. The zero-order chi connectivity index (χ0) is 24.6. The average molecular weight is 488 g/mol. The van der Waals surface area contributed by atoms with Gasteiger partial charge in [0.05, 0.1) is 12.4 Å². The molecular weight excluding hydrogens is 466 g/mol. The summed E-state index contributed by atoms with van der Waals surface area (Å²) in [6.07, 6.45) is 5.68. The van der Waals surface area contributed by atoms with E-state index < -0.39 is 5.09 Å². The Morgan fingerprint density at radius 2 is 1.60 bits per heavy atom. The Hall–Kier alpha value is -4.36. The molecule has 0 amide bonds. The molecule has 0 spiro atoms. The first-order chi connectivity index (χ1) is 17.0. The van der Waals surface area contributed by atoms with E-state index in [4.69, 9.17) is 31.7 Å². The van der Waals surface area contributed by atoms with Gasteiger partial charge in [0.15, 0.2) is 0 Å². The highest BCUT2D eigenvalue weighted by Gasteiger charge is 2.16. The highest BCUT2D eigenvalue weighted by molar-refractivity contribution is 6.31. The fourth-order valence-electron chi connectivity index (χ4n) is 3.86. The molecule has 1 heterocycles. The fourth-order valence-corrected chi connectivity index (χ4v) is 4.05. The Morgan fingerprint density at radius 3 is 2.29 bits per heavy atom. The molecule has 1 aromatic heterocycles. The van der Waals surface area contributed by atoms with Crippen LogP contribution in [0.2, 0.25) is 5.02 Å². The highest BCUT2D eigenvalue weighted by Crippen LogP contribution is 2.30. The lowest BCUT2D eigenvalue weighted by molar-refractivity contribution is -0.742. The normalized spacial score (nSPS) is 11.3. The van der Waals surface area contributed by atoms with Crippen molar-refractivity contribution < 1.29 is 15.0 Å². The Morgan fingerprint density at radius 1 is 0.943 bits per heavy atom. The maximum absolute atomic E-state index is 8.36. The van der Waals surface area contributed by atoms with E-state index in [0.717, 1.165) is 16.3 Å². The molecule has 7 nitrogen and oxygen atoms in total. The van der Waals surface area contributed by atoms with Crippen molar-refractivity contribution in [3.8, 4) is 5.75 Å². The van der Waals surface area contributed by atoms with E-state index >= 15 is 0 Å². The zero-order valence-corrected chi connectivity index (χ0v) is 19.3. The van der Waals surface area contributed by atoms with Crippen LogP contribution in [-0.4, -0.2) is 19.8 Å².